The Kier molecular flexibility index (Phi) is 9.74. The molecule has 1 unspecified atom stereocenters. The fourth-order valence-electron chi connectivity index (χ4n) is 3.38. The molecule has 0 amide bonds. The Morgan fingerprint density at radius 2 is 1.71 bits per heavy atom. The molecular weight excluding hydrogens is 417 g/mol. The predicted molar refractivity (Wildman–Crippen MR) is 121 cm³/mol. The number of anilines is 1. The molecular formula is C20H29Cl2N3O2S. The maximum atomic E-state index is 11.3. The summed E-state index contributed by atoms with van der Waals surface area (Å²) in [5, 5.41) is 3.63. The third-order valence-corrected chi connectivity index (χ3v) is 5.56. The lowest BCUT2D eigenvalue weighted by Gasteiger charge is -2.19. The Balaban J connectivity index is 0.00000196. The summed E-state index contributed by atoms with van der Waals surface area (Å²) in [6.45, 7) is 4.78. The zero-order chi connectivity index (χ0) is 18.6. The third-order valence-electron chi connectivity index (χ3n) is 4.78. The number of nitrogens with one attached hydrogen (secondary N) is 2. The summed E-state index contributed by atoms with van der Waals surface area (Å²) in [4.78, 5) is 2.42. The monoisotopic (exact) mass is 445 g/mol. The summed E-state index contributed by atoms with van der Waals surface area (Å²) >= 11 is 0. The van der Waals surface area contributed by atoms with Crippen molar-refractivity contribution in [1.82, 2.24) is 10.0 Å². The number of halogens is 2. The molecule has 2 atom stereocenters. The molecule has 0 aromatic heterocycles. The Labute approximate surface area is 180 Å². The van der Waals surface area contributed by atoms with E-state index in [1.54, 1.807) is 0 Å². The van der Waals surface area contributed by atoms with Gasteiger partial charge in [-0.3, -0.25) is 0 Å². The van der Waals surface area contributed by atoms with Crippen LogP contribution in [0, 0.1) is 0 Å². The van der Waals surface area contributed by atoms with E-state index >= 15 is 0 Å². The van der Waals surface area contributed by atoms with Crippen molar-refractivity contribution in [2.45, 2.75) is 32.0 Å². The Morgan fingerprint density at radius 3 is 2.32 bits per heavy atom. The van der Waals surface area contributed by atoms with Crippen molar-refractivity contribution < 1.29 is 8.42 Å². The minimum atomic E-state index is -3.20. The lowest BCUT2D eigenvalue weighted by atomic mass is 10.1. The van der Waals surface area contributed by atoms with Crippen LogP contribution in [0.4, 0.5) is 5.69 Å². The SMILES string of the molecule is C[C@@H](NS(C)(=O)=O)c1ccc(CNC2CCN(c3ccccc3)C2)cc1.Cl.Cl. The molecule has 0 aliphatic carbocycles. The highest BCUT2D eigenvalue weighted by Gasteiger charge is 2.22. The topological polar surface area (TPSA) is 61.4 Å². The molecule has 1 heterocycles. The average molecular weight is 446 g/mol. The molecule has 1 saturated heterocycles. The van der Waals surface area contributed by atoms with Gasteiger partial charge in [0, 0.05) is 37.4 Å². The number of nitrogens with zero attached hydrogens (tertiary/aromatic N) is 1. The van der Waals surface area contributed by atoms with E-state index < -0.39 is 10.0 Å². The number of benzene rings is 2. The van der Waals surface area contributed by atoms with Gasteiger partial charge in [0.15, 0.2) is 0 Å². The minimum Gasteiger partial charge on any atom is -0.370 e. The van der Waals surface area contributed by atoms with E-state index in [1.807, 2.05) is 25.1 Å². The van der Waals surface area contributed by atoms with Gasteiger partial charge in [-0.1, -0.05) is 42.5 Å². The summed E-state index contributed by atoms with van der Waals surface area (Å²) < 4.78 is 25.3. The van der Waals surface area contributed by atoms with E-state index in [2.05, 4.69) is 51.3 Å². The summed E-state index contributed by atoms with van der Waals surface area (Å²) in [7, 11) is -3.20. The van der Waals surface area contributed by atoms with Crippen LogP contribution < -0.4 is 14.9 Å². The van der Waals surface area contributed by atoms with Gasteiger partial charge in [-0.2, -0.15) is 0 Å². The van der Waals surface area contributed by atoms with Gasteiger partial charge in [0.05, 0.1) is 6.26 Å². The second-order valence-corrected chi connectivity index (χ2v) is 8.78. The smallest absolute Gasteiger partial charge is 0.209 e. The van der Waals surface area contributed by atoms with E-state index in [4.69, 9.17) is 0 Å². The molecule has 3 rings (SSSR count). The lowest BCUT2D eigenvalue weighted by molar-refractivity contribution is 0.551. The highest BCUT2D eigenvalue weighted by Crippen LogP contribution is 2.20. The highest BCUT2D eigenvalue weighted by molar-refractivity contribution is 7.88. The minimum absolute atomic E-state index is 0. The second kappa shape index (κ2) is 11.0. The van der Waals surface area contributed by atoms with Crippen LogP contribution in [-0.4, -0.2) is 33.8 Å². The maximum absolute atomic E-state index is 11.3. The summed E-state index contributed by atoms with van der Waals surface area (Å²) in [5.74, 6) is 0. The summed E-state index contributed by atoms with van der Waals surface area (Å²) in [5.41, 5.74) is 3.46. The van der Waals surface area contributed by atoms with Crippen molar-refractivity contribution in [3.8, 4) is 0 Å². The molecule has 0 radical (unpaired) electrons. The normalized spacial score (nSPS) is 17.5. The molecule has 28 heavy (non-hydrogen) atoms. The van der Waals surface area contributed by atoms with Crippen LogP contribution in [-0.2, 0) is 16.6 Å². The molecule has 0 spiro atoms. The molecule has 0 saturated carbocycles. The van der Waals surface area contributed by atoms with E-state index in [0.29, 0.717) is 6.04 Å². The van der Waals surface area contributed by atoms with Gasteiger partial charge >= 0.3 is 0 Å². The van der Waals surface area contributed by atoms with Gasteiger partial charge < -0.3 is 10.2 Å². The third kappa shape index (κ3) is 7.26. The van der Waals surface area contributed by atoms with Crippen molar-refractivity contribution in [1.29, 1.82) is 0 Å². The van der Waals surface area contributed by atoms with Gasteiger partial charge in [-0.05, 0) is 36.6 Å². The van der Waals surface area contributed by atoms with Gasteiger partial charge in [0.25, 0.3) is 0 Å². The largest absolute Gasteiger partial charge is 0.370 e. The van der Waals surface area contributed by atoms with Gasteiger partial charge in [-0.25, -0.2) is 13.1 Å². The van der Waals surface area contributed by atoms with Crippen molar-refractivity contribution in [3.63, 3.8) is 0 Å². The first-order valence-electron chi connectivity index (χ1n) is 9.00. The standard InChI is InChI=1S/C20H27N3O2S.2ClH/c1-16(22-26(2,24)25)18-10-8-17(9-11-18)14-21-19-12-13-23(15-19)20-6-4-3-5-7-20;;/h3-11,16,19,21-22H,12-15H2,1-2H3;2*1H/t16-,19?;;/m1../s1. The molecule has 0 bridgehead atoms. The Bertz CT molecular complexity index is 817. The molecule has 1 aliphatic rings. The molecule has 156 valence electrons. The van der Waals surface area contributed by atoms with Crippen LogP contribution in [0.2, 0.25) is 0 Å². The van der Waals surface area contributed by atoms with Crippen LogP contribution in [0.3, 0.4) is 0 Å². The van der Waals surface area contributed by atoms with Crippen LogP contribution in [0.1, 0.15) is 30.5 Å². The van der Waals surface area contributed by atoms with Gasteiger partial charge in [0.2, 0.25) is 10.0 Å². The Morgan fingerprint density at radius 1 is 1.07 bits per heavy atom. The molecule has 2 aromatic rings. The van der Waals surface area contributed by atoms with Crippen molar-refractivity contribution in [2.24, 2.45) is 0 Å². The van der Waals surface area contributed by atoms with Crippen molar-refractivity contribution in [2.75, 3.05) is 24.2 Å². The molecule has 8 heteroatoms. The fourth-order valence-corrected chi connectivity index (χ4v) is 4.15. The zero-order valence-electron chi connectivity index (χ0n) is 16.2. The quantitative estimate of drug-likeness (QED) is 0.684. The molecule has 1 fully saturated rings. The molecule has 2 N–H and O–H groups in total. The first-order chi connectivity index (χ1) is 12.4. The first kappa shape index (κ1) is 24.7. The Hall–Kier alpha value is -1.31. The van der Waals surface area contributed by atoms with E-state index in [9.17, 15) is 8.42 Å². The van der Waals surface area contributed by atoms with Crippen molar-refractivity contribution in [3.05, 3.63) is 65.7 Å². The number of sulfonamides is 1. The summed E-state index contributed by atoms with van der Waals surface area (Å²) in [6.07, 6.45) is 2.32. The van der Waals surface area contributed by atoms with Crippen molar-refractivity contribution >= 4 is 40.5 Å². The van der Waals surface area contributed by atoms with E-state index in [1.165, 1.54) is 17.5 Å². The second-order valence-electron chi connectivity index (χ2n) is 7.00. The molecule has 5 nitrogen and oxygen atoms in total. The zero-order valence-corrected chi connectivity index (χ0v) is 18.6. The van der Waals surface area contributed by atoms with Crippen LogP contribution >= 0.6 is 24.8 Å². The van der Waals surface area contributed by atoms with Gasteiger partial charge in [-0.15, -0.1) is 24.8 Å². The average Bonchev–Trinajstić information content (AvgIpc) is 3.09. The van der Waals surface area contributed by atoms with Crippen LogP contribution in [0.25, 0.3) is 0 Å². The van der Waals surface area contributed by atoms with Crippen LogP contribution in [0.5, 0.6) is 0 Å². The number of para-hydroxylation sites is 1. The van der Waals surface area contributed by atoms with Crippen LogP contribution in [0.15, 0.2) is 54.6 Å². The number of hydrogen-bond acceptors (Lipinski definition) is 4. The van der Waals surface area contributed by atoms with Gasteiger partial charge in [0.1, 0.15) is 0 Å². The van der Waals surface area contributed by atoms with E-state index in [-0.39, 0.29) is 30.9 Å². The number of rotatable bonds is 7. The maximum Gasteiger partial charge on any atom is 0.209 e. The fraction of sp³-hybridized carbons (Fsp3) is 0.400. The van der Waals surface area contributed by atoms with E-state index in [0.717, 1.165) is 31.6 Å². The number of hydrogen-bond donors (Lipinski definition) is 2. The lowest BCUT2D eigenvalue weighted by Crippen LogP contribution is -2.32. The highest BCUT2D eigenvalue weighted by atomic mass is 35.5. The first-order valence-corrected chi connectivity index (χ1v) is 10.9. The predicted octanol–water partition coefficient (Wildman–Crippen LogP) is 3.51. The summed E-state index contributed by atoms with van der Waals surface area (Å²) in [6, 6.07) is 18.9. The molecule has 2 aromatic carbocycles. The molecule has 1 aliphatic heterocycles.